The Hall–Kier alpha value is -3.32. The molecular weight excluding hydrogens is 412 g/mol. The standard InChI is InChI=1S/C24H26N2O4S/c1-16-5-6-17(2)23(15-16)18(3)25-24(27)19-7-9-20(10-8-19)26-31(28,29)22-13-11-21(30-4)12-14-22/h5-15,18,26H,1-4H3,(H,25,27)/t18-/m1/s1. The molecule has 0 fully saturated rings. The molecule has 0 saturated heterocycles. The summed E-state index contributed by atoms with van der Waals surface area (Å²) < 4.78 is 32.7. The third-order valence-corrected chi connectivity index (χ3v) is 6.42. The van der Waals surface area contributed by atoms with Crippen LogP contribution in [0.2, 0.25) is 0 Å². The monoisotopic (exact) mass is 438 g/mol. The maximum absolute atomic E-state index is 12.6. The second-order valence-corrected chi connectivity index (χ2v) is 9.10. The number of hydrogen-bond donors (Lipinski definition) is 2. The average molecular weight is 439 g/mol. The van der Waals surface area contributed by atoms with Crippen molar-refractivity contribution in [3.8, 4) is 5.75 Å². The quantitative estimate of drug-likeness (QED) is 0.564. The van der Waals surface area contributed by atoms with Crippen molar-refractivity contribution in [3.63, 3.8) is 0 Å². The van der Waals surface area contributed by atoms with Gasteiger partial charge in [-0.1, -0.05) is 23.8 Å². The number of nitrogens with one attached hydrogen (secondary N) is 2. The summed E-state index contributed by atoms with van der Waals surface area (Å²) in [5.74, 6) is 0.349. The summed E-state index contributed by atoms with van der Waals surface area (Å²) in [6.07, 6.45) is 0. The fourth-order valence-corrected chi connectivity index (χ4v) is 4.30. The molecule has 1 amide bonds. The van der Waals surface area contributed by atoms with Gasteiger partial charge >= 0.3 is 0 Å². The fourth-order valence-electron chi connectivity index (χ4n) is 3.24. The minimum Gasteiger partial charge on any atom is -0.497 e. The topological polar surface area (TPSA) is 84.5 Å². The van der Waals surface area contributed by atoms with Crippen LogP contribution in [0.25, 0.3) is 0 Å². The van der Waals surface area contributed by atoms with E-state index >= 15 is 0 Å². The Morgan fingerprint density at radius 2 is 1.58 bits per heavy atom. The molecule has 0 spiro atoms. The van der Waals surface area contributed by atoms with E-state index in [4.69, 9.17) is 4.74 Å². The SMILES string of the molecule is COc1ccc(S(=O)(=O)Nc2ccc(C(=O)N[C@H](C)c3cc(C)ccc3C)cc2)cc1. The van der Waals surface area contributed by atoms with Crippen molar-refractivity contribution in [3.05, 3.63) is 89.0 Å². The lowest BCUT2D eigenvalue weighted by Crippen LogP contribution is -2.27. The van der Waals surface area contributed by atoms with Gasteiger partial charge in [0.2, 0.25) is 0 Å². The number of ether oxygens (including phenoxy) is 1. The Morgan fingerprint density at radius 3 is 2.19 bits per heavy atom. The van der Waals surface area contributed by atoms with Crippen LogP contribution in [0.1, 0.15) is 40.0 Å². The van der Waals surface area contributed by atoms with E-state index in [2.05, 4.69) is 16.1 Å². The van der Waals surface area contributed by atoms with Gasteiger partial charge < -0.3 is 10.1 Å². The summed E-state index contributed by atoms with van der Waals surface area (Å²) in [7, 11) is -2.23. The molecule has 3 rings (SSSR count). The lowest BCUT2D eigenvalue weighted by molar-refractivity contribution is 0.0940. The van der Waals surface area contributed by atoms with Crippen LogP contribution in [-0.4, -0.2) is 21.4 Å². The van der Waals surface area contributed by atoms with E-state index in [-0.39, 0.29) is 16.8 Å². The zero-order valence-electron chi connectivity index (χ0n) is 18.0. The van der Waals surface area contributed by atoms with Crippen LogP contribution in [0.15, 0.2) is 71.6 Å². The number of sulfonamides is 1. The summed E-state index contributed by atoms with van der Waals surface area (Å²) >= 11 is 0. The molecule has 7 heteroatoms. The molecule has 0 aromatic heterocycles. The number of amides is 1. The number of methoxy groups -OCH3 is 1. The van der Waals surface area contributed by atoms with Gasteiger partial charge in [0.15, 0.2) is 0 Å². The highest BCUT2D eigenvalue weighted by Crippen LogP contribution is 2.21. The predicted octanol–water partition coefficient (Wildman–Crippen LogP) is 4.60. The minimum atomic E-state index is -3.74. The number of aryl methyl sites for hydroxylation is 2. The smallest absolute Gasteiger partial charge is 0.261 e. The van der Waals surface area contributed by atoms with Gasteiger partial charge in [-0.2, -0.15) is 0 Å². The van der Waals surface area contributed by atoms with E-state index in [9.17, 15) is 13.2 Å². The zero-order valence-corrected chi connectivity index (χ0v) is 18.8. The highest BCUT2D eigenvalue weighted by Gasteiger charge is 2.16. The van der Waals surface area contributed by atoms with Crippen LogP contribution in [0.4, 0.5) is 5.69 Å². The molecule has 0 saturated carbocycles. The largest absolute Gasteiger partial charge is 0.497 e. The molecule has 3 aromatic rings. The van der Waals surface area contributed by atoms with E-state index in [1.165, 1.54) is 19.2 Å². The summed E-state index contributed by atoms with van der Waals surface area (Å²) in [5.41, 5.74) is 4.13. The lowest BCUT2D eigenvalue weighted by Gasteiger charge is -2.17. The molecule has 162 valence electrons. The Morgan fingerprint density at radius 1 is 0.935 bits per heavy atom. The summed E-state index contributed by atoms with van der Waals surface area (Å²) in [6.45, 7) is 5.97. The first kappa shape index (κ1) is 22.4. The van der Waals surface area contributed by atoms with Crippen molar-refractivity contribution < 1.29 is 17.9 Å². The Balaban J connectivity index is 1.69. The van der Waals surface area contributed by atoms with E-state index < -0.39 is 10.0 Å². The van der Waals surface area contributed by atoms with E-state index in [0.29, 0.717) is 17.0 Å². The van der Waals surface area contributed by atoms with Crippen LogP contribution in [0, 0.1) is 13.8 Å². The molecule has 0 bridgehead atoms. The molecule has 0 heterocycles. The van der Waals surface area contributed by atoms with Crippen molar-refractivity contribution >= 4 is 21.6 Å². The van der Waals surface area contributed by atoms with Crippen molar-refractivity contribution in [2.75, 3.05) is 11.8 Å². The van der Waals surface area contributed by atoms with Gasteiger partial charge in [0.05, 0.1) is 18.0 Å². The van der Waals surface area contributed by atoms with Gasteiger partial charge in [0.1, 0.15) is 5.75 Å². The molecule has 1 atom stereocenters. The van der Waals surface area contributed by atoms with Crippen LogP contribution in [0.5, 0.6) is 5.75 Å². The fraction of sp³-hybridized carbons (Fsp3) is 0.208. The van der Waals surface area contributed by atoms with E-state index in [0.717, 1.165) is 16.7 Å². The van der Waals surface area contributed by atoms with Gasteiger partial charge in [-0.15, -0.1) is 0 Å². The number of benzene rings is 3. The summed E-state index contributed by atoms with van der Waals surface area (Å²) in [6, 6.07) is 18.4. The van der Waals surface area contributed by atoms with Crippen molar-refractivity contribution in [2.24, 2.45) is 0 Å². The molecule has 0 aliphatic rings. The Labute approximate surface area is 183 Å². The molecule has 0 aliphatic heterocycles. The first-order valence-electron chi connectivity index (χ1n) is 9.84. The van der Waals surface area contributed by atoms with Crippen LogP contribution in [-0.2, 0) is 10.0 Å². The molecule has 0 unspecified atom stereocenters. The molecule has 31 heavy (non-hydrogen) atoms. The zero-order chi connectivity index (χ0) is 22.6. The normalized spacial score (nSPS) is 12.1. The third-order valence-electron chi connectivity index (χ3n) is 5.02. The molecule has 0 radical (unpaired) electrons. The number of rotatable bonds is 7. The lowest BCUT2D eigenvalue weighted by atomic mass is 9.99. The van der Waals surface area contributed by atoms with Gasteiger partial charge in [-0.3, -0.25) is 9.52 Å². The summed E-state index contributed by atoms with van der Waals surface area (Å²) in [5, 5.41) is 3.00. The number of carbonyl (C=O) groups is 1. The first-order chi connectivity index (χ1) is 14.7. The Bertz CT molecular complexity index is 1170. The number of carbonyl (C=O) groups excluding carboxylic acids is 1. The van der Waals surface area contributed by atoms with E-state index in [1.807, 2.05) is 32.9 Å². The van der Waals surface area contributed by atoms with Crippen molar-refractivity contribution in [1.82, 2.24) is 5.32 Å². The molecule has 0 aliphatic carbocycles. The first-order valence-corrected chi connectivity index (χ1v) is 11.3. The Kier molecular flexibility index (Phi) is 6.65. The number of anilines is 1. The molecule has 6 nitrogen and oxygen atoms in total. The van der Waals surface area contributed by atoms with Crippen LogP contribution < -0.4 is 14.8 Å². The maximum atomic E-state index is 12.6. The third kappa shape index (κ3) is 5.44. The summed E-state index contributed by atoms with van der Waals surface area (Å²) in [4.78, 5) is 12.8. The second-order valence-electron chi connectivity index (χ2n) is 7.41. The second kappa shape index (κ2) is 9.22. The van der Waals surface area contributed by atoms with E-state index in [1.54, 1.807) is 36.4 Å². The highest BCUT2D eigenvalue weighted by molar-refractivity contribution is 7.92. The van der Waals surface area contributed by atoms with Gasteiger partial charge in [0, 0.05) is 11.3 Å². The molecule has 2 N–H and O–H groups in total. The van der Waals surface area contributed by atoms with Gasteiger partial charge in [0.25, 0.3) is 15.9 Å². The van der Waals surface area contributed by atoms with Crippen molar-refractivity contribution in [1.29, 1.82) is 0 Å². The van der Waals surface area contributed by atoms with Gasteiger partial charge in [-0.05, 0) is 80.4 Å². The van der Waals surface area contributed by atoms with Crippen molar-refractivity contribution in [2.45, 2.75) is 31.7 Å². The predicted molar refractivity (Wildman–Crippen MR) is 122 cm³/mol. The molecular formula is C24H26N2O4S. The average Bonchev–Trinajstić information content (AvgIpc) is 2.75. The molecule has 3 aromatic carbocycles. The number of hydrogen-bond acceptors (Lipinski definition) is 4. The minimum absolute atomic E-state index is 0.123. The van der Waals surface area contributed by atoms with Crippen LogP contribution >= 0.6 is 0 Å². The van der Waals surface area contributed by atoms with Crippen LogP contribution in [0.3, 0.4) is 0 Å². The highest BCUT2D eigenvalue weighted by atomic mass is 32.2. The van der Waals surface area contributed by atoms with Gasteiger partial charge in [-0.25, -0.2) is 8.42 Å². The maximum Gasteiger partial charge on any atom is 0.261 e.